The number of anilines is 1. The summed E-state index contributed by atoms with van der Waals surface area (Å²) in [6.07, 6.45) is -3.77. The second kappa shape index (κ2) is 5.43. The lowest BCUT2D eigenvalue weighted by Crippen LogP contribution is -2.27. The number of aliphatic hydroxyl groups excluding tert-OH is 2. The van der Waals surface area contributed by atoms with Crippen LogP contribution in [-0.4, -0.2) is 39.4 Å². The van der Waals surface area contributed by atoms with Gasteiger partial charge in [0.05, 0.1) is 4.92 Å². The number of carbonyl (C=O) groups is 1. The van der Waals surface area contributed by atoms with Crippen molar-refractivity contribution in [3.8, 4) is 0 Å². The molecular formula is C10H12N2O6. The molecule has 2 atom stereocenters. The lowest BCUT2D eigenvalue weighted by molar-refractivity contribution is -0.384. The zero-order valence-corrected chi connectivity index (χ0v) is 9.40. The highest BCUT2D eigenvalue weighted by atomic mass is 16.6. The maximum Gasteiger partial charge on any atom is 0.335 e. The average Bonchev–Trinajstić information content (AvgIpc) is 2.35. The van der Waals surface area contributed by atoms with E-state index >= 15 is 0 Å². The summed E-state index contributed by atoms with van der Waals surface area (Å²) in [4.78, 5) is 20.6. The number of carboxylic acids is 1. The topological polar surface area (TPSA) is 133 Å². The van der Waals surface area contributed by atoms with Crippen molar-refractivity contribution < 1.29 is 25.0 Å². The van der Waals surface area contributed by atoms with Gasteiger partial charge in [-0.2, -0.15) is 0 Å². The van der Waals surface area contributed by atoms with Gasteiger partial charge in [0.25, 0.3) is 5.69 Å². The van der Waals surface area contributed by atoms with E-state index in [0.29, 0.717) is 0 Å². The third kappa shape index (κ3) is 2.73. The Kier molecular flexibility index (Phi) is 4.18. The van der Waals surface area contributed by atoms with Crippen molar-refractivity contribution in [1.29, 1.82) is 0 Å². The van der Waals surface area contributed by atoms with Crippen LogP contribution in [0.1, 0.15) is 11.7 Å². The monoisotopic (exact) mass is 256 g/mol. The summed E-state index contributed by atoms with van der Waals surface area (Å²) in [5.41, 5.74) is -0.136. The van der Waals surface area contributed by atoms with E-state index in [2.05, 4.69) is 5.32 Å². The van der Waals surface area contributed by atoms with Crippen molar-refractivity contribution in [2.45, 2.75) is 12.2 Å². The number of nitrogens with one attached hydrogen (secondary N) is 1. The van der Waals surface area contributed by atoms with Crippen LogP contribution in [0, 0.1) is 10.1 Å². The van der Waals surface area contributed by atoms with Crippen LogP contribution in [0.25, 0.3) is 0 Å². The van der Waals surface area contributed by atoms with Crippen molar-refractivity contribution in [1.82, 2.24) is 0 Å². The lowest BCUT2D eigenvalue weighted by atomic mass is 10.0. The first kappa shape index (κ1) is 13.9. The fourth-order valence-corrected chi connectivity index (χ4v) is 1.41. The van der Waals surface area contributed by atoms with Crippen molar-refractivity contribution in [2.75, 3.05) is 12.4 Å². The second-order valence-electron chi connectivity index (χ2n) is 3.51. The Labute approximate surface area is 102 Å². The highest BCUT2D eigenvalue weighted by molar-refractivity contribution is 5.73. The number of nitro benzene ring substituents is 1. The molecule has 0 aliphatic carbocycles. The molecule has 0 aliphatic rings. The molecule has 0 spiro atoms. The molecule has 8 heteroatoms. The SMILES string of the molecule is CNc1ccc(C(O)C(O)C(=O)O)cc1[N+](=O)[O-]. The third-order valence-electron chi connectivity index (χ3n) is 2.38. The van der Waals surface area contributed by atoms with Crippen LogP contribution in [0.5, 0.6) is 0 Å². The quantitative estimate of drug-likeness (QED) is 0.434. The van der Waals surface area contributed by atoms with Gasteiger partial charge in [0.1, 0.15) is 11.8 Å². The van der Waals surface area contributed by atoms with Gasteiger partial charge in [-0.05, 0) is 11.6 Å². The normalized spacial score (nSPS) is 13.7. The summed E-state index contributed by atoms with van der Waals surface area (Å²) in [7, 11) is 1.49. The molecule has 0 aromatic heterocycles. The Morgan fingerprint density at radius 1 is 1.44 bits per heavy atom. The molecule has 2 unspecified atom stereocenters. The number of benzene rings is 1. The molecule has 0 amide bonds. The molecule has 8 nitrogen and oxygen atoms in total. The van der Waals surface area contributed by atoms with Gasteiger partial charge in [0.2, 0.25) is 0 Å². The minimum absolute atomic E-state index is 0.0457. The van der Waals surface area contributed by atoms with E-state index in [1.54, 1.807) is 0 Å². The van der Waals surface area contributed by atoms with E-state index in [1.807, 2.05) is 0 Å². The largest absolute Gasteiger partial charge is 0.479 e. The number of nitrogens with zero attached hydrogens (tertiary/aromatic N) is 1. The number of rotatable bonds is 5. The first-order valence-corrected chi connectivity index (χ1v) is 4.93. The zero-order chi connectivity index (χ0) is 13.9. The number of aliphatic hydroxyl groups is 2. The standard InChI is InChI=1S/C10H12N2O6/c1-11-6-3-2-5(4-7(6)12(17)18)8(13)9(14)10(15)16/h2-4,8-9,11,13-14H,1H3,(H,15,16). The molecule has 18 heavy (non-hydrogen) atoms. The first-order valence-electron chi connectivity index (χ1n) is 4.93. The van der Waals surface area contributed by atoms with Gasteiger partial charge in [0.15, 0.2) is 6.10 Å². The van der Waals surface area contributed by atoms with Crippen LogP contribution < -0.4 is 5.32 Å². The van der Waals surface area contributed by atoms with Gasteiger partial charge >= 0.3 is 5.97 Å². The number of hydrogen-bond donors (Lipinski definition) is 4. The molecule has 0 radical (unpaired) electrons. The number of aliphatic carboxylic acids is 1. The van der Waals surface area contributed by atoms with Crippen LogP contribution in [-0.2, 0) is 4.79 Å². The van der Waals surface area contributed by atoms with E-state index in [4.69, 9.17) is 10.2 Å². The van der Waals surface area contributed by atoms with E-state index < -0.39 is 23.1 Å². The van der Waals surface area contributed by atoms with Crippen LogP contribution in [0.3, 0.4) is 0 Å². The Hall–Kier alpha value is -2.19. The predicted molar refractivity (Wildman–Crippen MR) is 61.2 cm³/mol. The van der Waals surface area contributed by atoms with Crippen molar-refractivity contribution in [3.63, 3.8) is 0 Å². The molecule has 0 fully saturated rings. The Bertz CT molecular complexity index is 475. The summed E-state index contributed by atoms with van der Waals surface area (Å²) in [6, 6.07) is 3.64. The van der Waals surface area contributed by atoms with Gasteiger partial charge in [-0.3, -0.25) is 10.1 Å². The third-order valence-corrected chi connectivity index (χ3v) is 2.38. The van der Waals surface area contributed by atoms with E-state index in [-0.39, 0.29) is 16.9 Å². The molecular weight excluding hydrogens is 244 g/mol. The molecule has 4 N–H and O–H groups in total. The lowest BCUT2D eigenvalue weighted by Gasteiger charge is -2.14. The second-order valence-corrected chi connectivity index (χ2v) is 3.51. The van der Waals surface area contributed by atoms with Crippen LogP contribution >= 0.6 is 0 Å². The van der Waals surface area contributed by atoms with Gasteiger partial charge < -0.3 is 20.6 Å². The molecule has 0 saturated carbocycles. The molecule has 0 saturated heterocycles. The number of nitro groups is 1. The number of carboxylic acid groups (broad SMARTS) is 1. The summed E-state index contributed by atoms with van der Waals surface area (Å²) in [5, 5.41) is 40.6. The minimum atomic E-state index is -2.04. The first-order chi connectivity index (χ1) is 8.38. The van der Waals surface area contributed by atoms with Gasteiger partial charge in [-0.25, -0.2) is 4.79 Å². The number of hydrogen-bond acceptors (Lipinski definition) is 6. The van der Waals surface area contributed by atoms with Crippen LogP contribution in [0.2, 0.25) is 0 Å². The molecule has 0 heterocycles. The summed E-state index contributed by atoms with van der Waals surface area (Å²) < 4.78 is 0. The predicted octanol–water partition coefficient (Wildman–Crippen LogP) is 0.115. The van der Waals surface area contributed by atoms with E-state index in [9.17, 15) is 20.0 Å². The van der Waals surface area contributed by atoms with Crippen molar-refractivity contribution in [2.24, 2.45) is 0 Å². The van der Waals surface area contributed by atoms with Crippen LogP contribution in [0.15, 0.2) is 18.2 Å². The van der Waals surface area contributed by atoms with Crippen LogP contribution in [0.4, 0.5) is 11.4 Å². The highest BCUT2D eigenvalue weighted by Gasteiger charge is 2.27. The van der Waals surface area contributed by atoms with Crippen molar-refractivity contribution in [3.05, 3.63) is 33.9 Å². The van der Waals surface area contributed by atoms with Gasteiger partial charge in [0, 0.05) is 13.1 Å². The fraction of sp³-hybridized carbons (Fsp3) is 0.300. The summed E-state index contributed by atoms with van der Waals surface area (Å²) in [5.74, 6) is -1.61. The zero-order valence-electron chi connectivity index (χ0n) is 9.40. The molecule has 1 aromatic carbocycles. The Balaban J connectivity index is 3.15. The van der Waals surface area contributed by atoms with Gasteiger partial charge in [-0.1, -0.05) is 6.07 Å². The fourth-order valence-electron chi connectivity index (χ4n) is 1.41. The summed E-state index contributed by atoms with van der Waals surface area (Å²) >= 11 is 0. The van der Waals surface area contributed by atoms with E-state index in [1.165, 1.54) is 19.2 Å². The molecule has 1 aromatic rings. The molecule has 0 bridgehead atoms. The maximum atomic E-state index is 10.8. The van der Waals surface area contributed by atoms with E-state index in [0.717, 1.165) is 6.07 Å². The smallest absolute Gasteiger partial charge is 0.335 e. The Morgan fingerprint density at radius 3 is 2.50 bits per heavy atom. The summed E-state index contributed by atoms with van der Waals surface area (Å²) in [6.45, 7) is 0. The Morgan fingerprint density at radius 2 is 2.06 bits per heavy atom. The van der Waals surface area contributed by atoms with Gasteiger partial charge in [-0.15, -0.1) is 0 Å². The molecule has 1 rings (SSSR count). The molecule has 0 aliphatic heterocycles. The minimum Gasteiger partial charge on any atom is -0.479 e. The highest BCUT2D eigenvalue weighted by Crippen LogP contribution is 2.28. The average molecular weight is 256 g/mol. The maximum absolute atomic E-state index is 10.8. The molecule has 98 valence electrons. The van der Waals surface area contributed by atoms with Crippen molar-refractivity contribution >= 4 is 17.3 Å².